The van der Waals surface area contributed by atoms with Gasteiger partial charge in [-0.3, -0.25) is 0 Å². The van der Waals surface area contributed by atoms with Gasteiger partial charge in [0.2, 0.25) is 0 Å². The maximum absolute atomic E-state index is 4.40. The Morgan fingerprint density at radius 3 is 2.42 bits per heavy atom. The van der Waals surface area contributed by atoms with Crippen LogP contribution in [-0.2, 0) is 6.42 Å². The van der Waals surface area contributed by atoms with Gasteiger partial charge < -0.3 is 5.32 Å². The molecule has 0 spiro atoms. The number of nitrogens with one attached hydrogen (secondary N) is 1. The van der Waals surface area contributed by atoms with Crippen molar-refractivity contribution in [2.24, 2.45) is 23.7 Å². The monoisotopic (exact) mass is 325 g/mol. The summed E-state index contributed by atoms with van der Waals surface area (Å²) in [6.45, 7) is 17.5. The van der Waals surface area contributed by atoms with Crippen LogP contribution in [0.15, 0.2) is 48.7 Å². The molecular weight excluding hydrogens is 290 g/mol. The van der Waals surface area contributed by atoms with E-state index in [1.165, 1.54) is 36.8 Å². The quantitative estimate of drug-likeness (QED) is 0.542. The molecule has 1 aromatic carbocycles. The van der Waals surface area contributed by atoms with Crippen LogP contribution < -0.4 is 5.32 Å². The Labute approximate surface area is 149 Å². The third-order valence-corrected chi connectivity index (χ3v) is 5.48. The molecule has 1 saturated carbocycles. The molecule has 24 heavy (non-hydrogen) atoms. The second kappa shape index (κ2) is 8.55. The molecule has 0 saturated heterocycles. The summed E-state index contributed by atoms with van der Waals surface area (Å²) in [5.41, 5.74) is 4.83. The third-order valence-electron chi connectivity index (χ3n) is 5.48. The predicted octanol–water partition coefficient (Wildman–Crippen LogP) is 6.83. The maximum atomic E-state index is 4.40. The average Bonchev–Trinajstić information content (AvgIpc) is 2.48. The smallest absolute Gasteiger partial charge is 0.0381 e. The van der Waals surface area contributed by atoms with Crippen molar-refractivity contribution >= 4 is 5.69 Å². The minimum absolute atomic E-state index is 0.794. The van der Waals surface area contributed by atoms with Crippen molar-refractivity contribution in [3.8, 4) is 0 Å². The van der Waals surface area contributed by atoms with Crippen LogP contribution in [0.2, 0.25) is 0 Å². The van der Waals surface area contributed by atoms with Crippen LogP contribution in [0.1, 0.15) is 58.9 Å². The molecule has 1 aliphatic rings. The molecule has 0 heterocycles. The number of hydrogen-bond acceptors (Lipinski definition) is 1. The van der Waals surface area contributed by atoms with Crippen molar-refractivity contribution < 1.29 is 0 Å². The Balaban J connectivity index is 1.92. The van der Waals surface area contributed by atoms with Gasteiger partial charge in [0.25, 0.3) is 0 Å². The summed E-state index contributed by atoms with van der Waals surface area (Å²) >= 11 is 0. The number of benzene rings is 1. The van der Waals surface area contributed by atoms with Crippen LogP contribution in [0.3, 0.4) is 0 Å². The van der Waals surface area contributed by atoms with Crippen molar-refractivity contribution in [3.63, 3.8) is 0 Å². The van der Waals surface area contributed by atoms with Gasteiger partial charge in [0.05, 0.1) is 0 Å². The maximum Gasteiger partial charge on any atom is 0.0381 e. The Bertz CT molecular complexity index is 552. The van der Waals surface area contributed by atoms with E-state index >= 15 is 0 Å². The highest BCUT2D eigenvalue weighted by Crippen LogP contribution is 2.41. The first-order valence-corrected chi connectivity index (χ1v) is 9.53. The molecule has 1 aromatic rings. The molecule has 3 atom stereocenters. The Kier molecular flexibility index (Phi) is 6.71. The fourth-order valence-electron chi connectivity index (χ4n) is 4.32. The van der Waals surface area contributed by atoms with Crippen LogP contribution in [0.25, 0.3) is 0 Å². The van der Waals surface area contributed by atoms with Gasteiger partial charge in [-0.15, -0.1) is 0 Å². The fraction of sp³-hybridized carbons (Fsp3) is 0.565. The zero-order chi connectivity index (χ0) is 17.7. The Hall–Kier alpha value is -1.50. The van der Waals surface area contributed by atoms with E-state index in [0.717, 1.165) is 41.5 Å². The molecule has 1 aliphatic carbocycles. The first-order chi connectivity index (χ1) is 11.3. The number of rotatable bonds is 7. The lowest BCUT2D eigenvalue weighted by Crippen LogP contribution is -2.28. The first-order valence-electron chi connectivity index (χ1n) is 9.53. The third kappa shape index (κ3) is 5.54. The van der Waals surface area contributed by atoms with Gasteiger partial charge >= 0.3 is 0 Å². The first kappa shape index (κ1) is 18.8. The highest BCUT2D eigenvalue weighted by atomic mass is 14.9. The summed E-state index contributed by atoms with van der Waals surface area (Å²) in [6.07, 6.45) is 6.38. The van der Waals surface area contributed by atoms with E-state index in [1.54, 1.807) is 0 Å². The van der Waals surface area contributed by atoms with Gasteiger partial charge in [0.1, 0.15) is 0 Å². The molecule has 0 bridgehead atoms. The normalized spacial score (nSPS) is 24.0. The van der Waals surface area contributed by atoms with Crippen molar-refractivity contribution in [2.75, 3.05) is 5.32 Å². The number of anilines is 1. The van der Waals surface area contributed by atoms with E-state index in [4.69, 9.17) is 0 Å². The van der Waals surface area contributed by atoms with Gasteiger partial charge in [-0.05, 0) is 74.0 Å². The summed E-state index contributed by atoms with van der Waals surface area (Å²) in [4.78, 5) is 0. The molecule has 0 aromatic heterocycles. The molecule has 1 nitrogen and oxygen atoms in total. The Morgan fingerprint density at radius 1 is 1.17 bits per heavy atom. The molecule has 132 valence electrons. The lowest BCUT2D eigenvalue weighted by atomic mass is 9.68. The topological polar surface area (TPSA) is 12.0 Å². The summed E-state index contributed by atoms with van der Waals surface area (Å²) in [7, 11) is 0. The SMILES string of the molecule is C=C(Cc1ccc(NC(=C)C)cc1)CC1CC(C)CCC1C(C)C. The summed E-state index contributed by atoms with van der Waals surface area (Å²) in [6, 6.07) is 8.69. The molecule has 1 heteroatoms. The summed E-state index contributed by atoms with van der Waals surface area (Å²) in [5, 5.41) is 3.26. The molecule has 1 N–H and O–H groups in total. The second-order valence-corrected chi connectivity index (χ2v) is 8.32. The lowest BCUT2D eigenvalue weighted by Gasteiger charge is -2.38. The molecule has 3 unspecified atom stereocenters. The van der Waals surface area contributed by atoms with Crippen LogP contribution in [0, 0.1) is 23.7 Å². The van der Waals surface area contributed by atoms with Crippen LogP contribution in [0.5, 0.6) is 0 Å². The zero-order valence-corrected chi connectivity index (χ0v) is 16.1. The van der Waals surface area contributed by atoms with Crippen LogP contribution in [0.4, 0.5) is 5.69 Å². The van der Waals surface area contributed by atoms with Crippen molar-refractivity contribution in [3.05, 3.63) is 54.3 Å². The van der Waals surface area contributed by atoms with E-state index in [0.29, 0.717) is 0 Å². The molecular formula is C23H35N. The van der Waals surface area contributed by atoms with E-state index in [2.05, 4.69) is 63.5 Å². The van der Waals surface area contributed by atoms with E-state index < -0.39 is 0 Å². The highest BCUT2D eigenvalue weighted by molar-refractivity contribution is 5.48. The second-order valence-electron chi connectivity index (χ2n) is 8.32. The van der Waals surface area contributed by atoms with Crippen molar-refractivity contribution in [1.29, 1.82) is 0 Å². The lowest BCUT2D eigenvalue weighted by molar-refractivity contribution is 0.143. The van der Waals surface area contributed by atoms with Gasteiger partial charge in [-0.2, -0.15) is 0 Å². The molecule has 1 fully saturated rings. The zero-order valence-electron chi connectivity index (χ0n) is 16.1. The highest BCUT2D eigenvalue weighted by Gasteiger charge is 2.30. The van der Waals surface area contributed by atoms with Crippen LogP contribution in [-0.4, -0.2) is 0 Å². The largest absolute Gasteiger partial charge is 0.360 e. The molecule has 0 amide bonds. The van der Waals surface area contributed by atoms with Gasteiger partial charge in [-0.1, -0.05) is 58.1 Å². The Morgan fingerprint density at radius 2 is 1.83 bits per heavy atom. The fourth-order valence-corrected chi connectivity index (χ4v) is 4.32. The van der Waals surface area contributed by atoms with Gasteiger partial charge in [0, 0.05) is 11.4 Å². The number of hydrogen-bond donors (Lipinski definition) is 1. The standard InChI is InChI=1S/C23H35N/c1-16(2)23-12-7-18(5)14-21(23)15-19(6)13-20-8-10-22(11-9-20)24-17(3)4/h8-11,16,18,21,23-24H,3,6-7,12-15H2,1-2,4-5H3. The molecule has 0 aliphatic heterocycles. The molecule has 0 radical (unpaired) electrons. The number of allylic oxidation sites excluding steroid dienone is 2. The van der Waals surface area contributed by atoms with Crippen molar-refractivity contribution in [1.82, 2.24) is 0 Å². The summed E-state index contributed by atoms with van der Waals surface area (Å²) < 4.78 is 0. The van der Waals surface area contributed by atoms with E-state index in [1.807, 2.05) is 6.92 Å². The van der Waals surface area contributed by atoms with E-state index in [-0.39, 0.29) is 0 Å². The minimum atomic E-state index is 0.794. The van der Waals surface area contributed by atoms with Gasteiger partial charge in [0.15, 0.2) is 0 Å². The summed E-state index contributed by atoms with van der Waals surface area (Å²) in [5.74, 6) is 3.37. The van der Waals surface area contributed by atoms with Gasteiger partial charge in [-0.25, -0.2) is 0 Å². The van der Waals surface area contributed by atoms with Crippen LogP contribution >= 0.6 is 0 Å². The van der Waals surface area contributed by atoms with E-state index in [9.17, 15) is 0 Å². The predicted molar refractivity (Wildman–Crippen MR) is 107 cm³/mol. The minimum Gasteiger partial charge on any atom is -0.360 e. The molecule has 2 rings (SSSR count). The van der Waals surface area contributed by atoms with Crippen molar-refractivity contribution in [2.45, 2.75) is 59.8 Å². The average molecular weight is 326 g/mol.